The molecule has 0 spiro atoms. The van der Waals surface area contributed by atoms with E-state index in [1.54, 1.807) is 7.11 Å². The van der Waals surface area contributed by atoms with E-state index in [1.165, 1.54) is 11.8 Å². The van der Waals surface area contributed by atoms with Gasteiger partial charge in [-0.1, -0.05) is 42.1 Å². The number of ether oxygens (including phenoxy) is 1. The monoisotopic (exact) mass is 366 g/mol. The van der Waals surface area contributed by atoms with E-state index in [4.69, 9.17) is 4.74 Å². The largest absolute Gasteiger partial charge is 0.497 e. The Hall–Kier alpha value is -2.86. The van der Waals surface area contributed by atoms with E-state index in [-0.39, 0.29) is 0 Å². The number of rotatable bonds is 5. The number of benzene rings is 2. The number of aromatic nitrogens is 1. The van der Waals surface area contributed by atoms with Crippen molar-refractivity contribution in [3.63, 3.8) is 0 Å². The first-order chi connectivity index (χ1) is 12.7. The maximum absolute atomic E-state index is 11.2. The second-order valence-corrected chi connectivity index (χ2v) is 7.05. The molecule has 0 bridgehead atoms. The molecule has 2 heterocycles. The van der Waals surface area contributed by atoms with Gasteiger partial charge < -0.3 is 20.1 Å². The van der Waals surface area contributed by atoms with Crippen LogP contribution in [-0.4, -0.2) is 28.5 Å². The predicted octanol–water partition coefficient (Wildman–Crippen LogP) is 3.97. The third kappa shape index (κ3) is 3.04. The average Bonchev–Trinajstić information content (AvgIpc) is 3.27. The van der Waals surface area contributed by atoms with Gasteiger partial charge in [-0.05, 0) is 28.7 Å². The minimum atomic E-state index is -0.854. The van der Waals surface area contributed by atoms with Gasteiger partial charge in [0.05, 0.1) is 12.8 Å². The number of hydrogen-bond acceptors (Lipinski definition) is 4. The first kappa shape index (κ1) is 16.6. The molecule has 0 aliphatic carbocycles. The minimum absolute atomic E-state index is 0.615. The molecule has 1 atom stereocenters. The molecule has 0 saturated carbocycles. The van der Waals surface area contributed by atoms with Crippen LogP contribution in [0.25, 0.3) is 22.2 Å². The highest BCUT2D eigenvalue weighted by atomic mass is 32.2. The van der Waals surface area contributed by atoms with E-state index in [0.717, 1.165) is 39.2 Å². The fraction of sp³-hybridized carbons (Fsp3) is 0.150. The summed E-state index contributed by atoms with van der Waals surface area (Å²) in [4.78, 5) is 14.7. The van der Waals surface area contributed by atoms with Crippen molar-refractivity contribution in [3.8, 4) is 17.0 Å². The summed E-state index contributed by atoms with van der Waals surface area (Å²) in [5.74, 6) is -0.0576. The average molecular weight is 366 g/mol. The number of thioether (sulfide) groups is 1. The standard InChI is InChI=1S/C20H18N2O3S/c1-25-14-7-8-15-16(9-13-11-26-19(21-13)20(23)24)18(22-17(15)10-14)12-5-3-2-4-6-12/h2-8,10-11,19,21-22H,9H2,1H3,(H,23,24). The molecule has 0 amide bonds. The van der Waals surface area contributed by atoms with Crippen molar-refractivity contribution >= 4 is 28.6 Å². The molecular weight excluding hydrogens is 348 g/mol. The number of allylic oxidation sites excluding steroid dienone is 1. The number of hydrogen-bond donors (Lipinski definition) is 3. The molecule has 132 valence electrons. The zero-order valence-corrected chi connectivity index (χ0v) is 15.0. The quantitative estimate of drug-likeness (QED) is 0.637. The molecule has 0 fully saturated rings. The number of aromatic amines is 1. The third-order valence-corrected chi connectivity index (χ3v) is 5.44. The predicted molar refractivity (Wildman–Crippen MR) is 104 cm³/mol. The van der Waals surface area contributed by atoms with Crippen LogP contribution in [0, 0.1) is 0 Å². The summed E-state index contributed by atoms with van der Waals surface area (Å²) >= 11 is 1.29. The fourth-order valence-electron chi connectivity index (χ4n) is 3.19. The molecule has 1 aliphatic rings. The first-order valence-electron chi connectivity index (χ1n) is 8.23. The van der Waals surface area contributed by atoms with Crippen LogP contribution >= 0.6 is 11.8 Å². The number of methoxy groups -OCH3 is 1. The number of fused-ring (bicyclic) bond motifs is 1. The van der Waals surface area contributed by atoms with Crippen molar-refractivity contribution in [1.29, 1.82) is 0 Å². The van der Waals surface area contributed by atoms with Gasteiger partial charge in [0.1, 0.15) is 5.75 Å². The summed E-state index contributed by atoms with van der Waals surface area (Å²) in [7, 11) is 1.65. The van der Waals surface area contributed by atoms with Gasteiger partial charge in [-0.25, -0.2) is 4.79 Å². The van der Waals surface area contributed by atoms with Crippen LogP contribution in [0.1, 0.15) is 5.56 Å². The van der Waals surface area contributed by atoms with Gasteiger partial charge in [0.25, 0.3) is 0 Å². The van der Waals surface area contributed by atoms with E-state index in [2.05, 4.69) is 22.4 Å². The highest BCUT2D eigenvalue weighted by molar-refractivity contribution is 8.03. The highest BCUT2D eigenvalue weighted by Crippen LogP contribution is 2.35. The molecule has 3 aromatic rings. The van der Waals surface area contributed by atoms with Gasteiger partial charge in [0, 0.05) is 29.1 Å². The van der Waals surface area contributed by atoms with Gasteiger partial charge in [0.2, 0.25) is 0 Å². The molecule has 6 heteroatoms. The molecule has 1 unspecified atom stereocenters. The Morgan fingerprint density at radius 3 is 2.73 bits per heavy atom. The van der Waals surface area contributed by atoms with Crippen LogP contribution in [0.15, 0.2) is 59.6 Å². The van der Waals surface area contributed by atoms with Crippen LogP contribution in [0.2, 0.25) is 0 Å². The molecule has 26 heavy (non-hydrogen) atoms. The number of carboxylic acids is 1. The fourth-order valence-corrected chi connectivity index (χ4v) is 3.97. The Labute approximate surface area is 155 Å². The maximum Gasteiger partial charge on any atom is 0.337 e. The van der Waals surface area contributed by atoms with E-state index in [0.29, 0.717) is 6.42 Å². The van der Waals surface area contributed by atoms with E-state index < -0.39 is 11.3 Å². The normalized spacial score (nSPS) is 16.3. The van der Waals surface area contributed by atoms with Gasteiger partial charge >= 0.3 is 5.97 Å². The van der Waals surface area contributed by atoms with Gasteiger partial charge in [-0.2, -0.15) is 0 Å². The molecule has 0 radical (unpaired) electrons. The van der Waals surface area contributed by atoms with Crippen LogP contribution < -0.4 is 10.1 Å². The molecule has 2 aromatic carbocycles. The smallest absolute Gasteiger partial charge is 0.337 e. The van der Waals surface area contributed by atoms with Crippen LogP contribution in [0.5, 0.6) is 5.75 Å². The minimum Gasteiger partial charge on any atom is -0.497 e. The van der Waals surface area contributed by atoms with Crippen molar-refractivity contribution in [1.82, 2.24) is 10.3 Å². The highest BCUT2D eigenvalue weighted by Gasteiger charge is 2.25. The molecule has 1 aliphatic heterocycles. The molecule has 4 rings (SSSR count). The van der Waals surface area contributed by atoms with Gasteiger partial charge in [-0.15, -0.1) is 0 Å². The summed E-state index contributed by atoms with van der Waals surface area (Å²) in [5.41, 5.74) is 5.19. The maximum atomic E-state index is 11.2. The van der Waals surface area contributed by atoms with E-state index >= 15 is 0 Å². The molecule has 0 saturated heterocycles. The van der Waals surface area contributed by atoms with Gasteiger partial charge in [0.15, 0.2) is 5.37 Å². The summed E-state index contributed by atoms with van der Waals surface area (Å²) in [6.45, 7) is 0. The van der Waals surface area contributed by atoms with Crippen molar-refractivity contribution in [3.05, 3.63) is 65.2 Å². The lowest BCUT2D eigenvalue weighted by Gasteiger charge is -2.10. The molecular formula is C20H18N2O3S. The van der Waals surface area contributed by atoms with Crippen LogP contribution in [0.3, 0.4) is 0 Å². The van der Waals surface area contributed by atoms with Crippen LogP contribution in [0.4, 0.5) is 0 Å². The Morgan fingerprint density at radius 1 is 1.23 bits per heavy atom. The second-order valence-electron chi connectivity index (χ2n) is 6.07. The number of aliphatic carboxylic acids is 1. The summed E-state index contributed by atoms with van der Waals surface area (Å²) < 4.78 is 5.34. The third-order valence-electron chi connectivity index (χ3n) is 4.43. The van der Waals surface area contributed by atoms with Crippen molar-refractivity contribution < 1.29 is 14.6 Å². The zero-order valence-electron chi connectivity index (χ0n) is 14.2. The van der Waals surface area contributed by atoms with Crippen molar-refractivity contribution in [2.75, 3.05) is 7.11 Å². The molecule has 1 aromatic heterocycles. The number of carboxylic acid groups (broad SMARTS) is 1. The van der Waals surface area contributed by atoms with E-state index in [9.17, 15) is 9.90 Å². The lowest BCUT2D eigenvalue weighted by atomic mass is 10.0. The summed E-state index contributed by atoms with van der Waals surface area (Å²) in [6.07, 6.45) is 0.632. The zero-order chi connectivity index (χ0) is 18.1. The lowest BCUT2D eigenvalue weighted by Crippen LogP contribution is -2.29. The van der Waals surface area contributed by atoms with Crippen molar-refractivity contribution in [2.45, 2.75) is 11.8 Å². The first-order valence-corrected chi connectivity index (χ1v) is 9.18. The molecule has 3 N–H and O–H groups in total. The Kier molecular flexibility index (Phi) is 4.34. The van der Waals surface area contributed by atoms with E-state index in [1.807, 2.05) is 41.8 Å². The summed E-state index contributed by atoms with van der Waals surface area (Å²) in [5, 5.41) is 14.7. The Morgan fingerprint density at radius 2 is 2.04 bits per heavy atom. The lowest BCUT2D eigenvalue weighted by molar-refractivity contribution is -0.136. The topological polar surface area (TPSA) is 74.3 Å². The summed E-state index contributed by atoms with van der Waals surface area (Å²) in [6, 6.07) is 16.1. The molecule has 5 nitrogen and oxygen atoms in total. The number of nitrogens with one attached hydrogen (secondary N) is 2. The van der Waals surface area contributed by atoms with Crippen molar-refractivity contribution in [2.24, 2.45) is 0 Å². The Bertz CT molecular complexity index is 995. The number of H-pyrrole nitrogens is 1. The Balaban J connectivity index is 1.77. The van der Waals surface area contributed by atoms with Crippen LogP contribution in [-0.2, 0) is 11.2 Å². The SMILES string of the molecule is COc1ccc2c(CC3=CSC(C(=O)O)N3)c(-c3ccccc3)[nH]c2c1. The second kappa shape index (κ2) is 6.80. The van der Waals surface area contributed by atoms with Gasteiger partial charge in [-0.3, -0.25) is 0 Å². The number of carbonyl (C=O) groups is 1.